The van der Waals surface area contributed by atoms with Crippen molar-refractivity contribution < 1.29 is 5.11 Å². The maximum atomic E-state index is 9.05. The minimum atomic E-state index is -0.760. The number of nitrogens with one attached hydrogen (secondary N) is 1. The molecule has 0 radical (unpaired) electrons. The Morgan fingerprint density at radius 1 is 1.57 bits per heavy atom. The molecule has 0 rings (SSSR count). The second-order valence-corrected chi connectivity index (χ2v) is 4.82. The third-order valence-corrected chi connectivity index (χ3v) is 1.66. The van der Waals surface area contributed by atoms with Gasteiger partial charge in [0, 0.05) is 6.54 Å². The molecule has 4 nitrogen and oxygen atoms in total. The summed E-state index contributed by atoms with van der Waals surface area (Å²) < 4.78 is 0. The Morgan fingerprint density at radius 3 is 2.43 bits per heavy atom. The summed E-state index contributed by atoms with van der Waals surface area (Å²) in [6.07, 6.45) is -0.760. The number of aliphatic imine (C=N–C) groups is 1. The van der Waals surface area contributed by atoms with Gasteiger partial charge in [-0.25, -0.2) is 4.99 Å². The van der Waals surface area contributed by atoms with E-state index < -0.39 is 6.10 Å². The minimum Gasteiger partial charge on any atom is -0.385 e. The Hall–Kier alpha value is -0.680. The fourth-order valence-corrected chi connectivity index (χ4v) is 0.769. The van der Waals surface area contributed by atoms with Gasteiger partial charge in [-0.1, -0.05) is 20.8 Å². The molecule has 0 aromatic carbocycles. The van der Waals surface area contributed by atoms with E-state index in [2.05, 4.69) is 31.1 Å². The van der Waals surface area contributed by atoms with Gasteiger partial charge in [-0.15, -0.1) is 0 Å². The lowest BCUT2D eigenvalue weighted by molar-refractivity contribution is 0.261. The monoisotopic (exact) mass is 217 g/mol. The number of nitrogens with two attached hydrogens (primary N) is 1. The van der Waals surface area contributed by atoms with E-state index in [1.165, 1.54) is 0 Å². The molecule has 0 saturated carbocycles. The van der Waals surface area contributed by atoms with Gasteiger partial charge in [0.15, 0.2) is 5.11 Å². The van der Waals surface area contributed by atoms with Crippen LogP contribution in [0.25, 0.3) is 0 Å². The molecule has 1 unspecified atom stereocenters. The maximum Gasteiger partial charge on any atom is 0.194 e. The van der Waals surface area contributed by atoms with E-state index in [0.717, 1.165) is 6.54 Å². The number of hydrogen-bond donors (Lipinski definition) is 3. The van der Waals surface area contributed by atoms with E-state index in [4.69, 9.17) is 23.1 Å². The standard InChI is InChI=1S/C9H19N3OS/c1-6(13)7(10)12-8(14)11-5-9(2,3)4/h6,13H,5H2,1-4H3,(H3,10,11,12,14). The van der Waals surface area contributed by atoms with Gasteiger partial charge in [-0.05, 0) is 24.6 Å². The van der Waals surface area contributed by atoms with Gasteiger partial charge in [0.05, 0.1) is 0 Å². The van der Waals surface area contributed by atoms with Crippen molar-refractivity contribution in [2.24, 2.45) is 16.1 Å². The van der Waals surface area contributed by atoms with Crippen LogP contribution in [0.1, 0.15) is 27.7 Å². The third kappa shape index (κ3) is 6.80. The predicted octanol–water partition coefficient (Wildman–Crippen LogP) is 0.645. The first kappa shape index (κ1) is 13.3. The van der Waals surface area contributed by atoms with Gasteiger partial charge < -0.3 is 16.2 Å². The molecule has 0 aliphatic carbocycles. The number of amidine groups is 1. The van der Waals surface area contributed by atoms with Crippen molar-refractivity contribution in [2.75, 3.05) is 6.54 Å². The molecule has 4 N–H and O–H groups in total. The van der Waals surface area contributed by atoms with Crippen LogP contribution in [0.2, 0.25) is 0 Å². The molecule has 0 heterocycles. The lowest BCUT2D eigenvalue weighted by Gasteiger charge is -2.18. The van der Waals surface area contributed by atoms with Gasteiger partial charge in [0.25, 0.3) is 0 Å². The molecule has 0 aromatic rings. The summed E-state index contributed by atoms with van der Waals surface area (Å²) in [6, 6.07) is 0. The Kier molecular flexibility index (Phi) is 5.01. The van der Waals surface area contributed by atoms with Crippen LogP contribution in [0.15, 0.2) is 4.99 Å². The first-order valence-corrected chi connectivity index (χ1v) is 4.93. The van der Waals surface area contributed by atoms with Gasteiger partial charge in [0.2, 0.25) is 0 Å². The van der Waals surface area contributed by atoms with Crippen LogP contribution in [-0.4, -0.2) is 28.7 Å². The lowest BCUT2D eigenvalue weighted by atomic mass is 9.97. The SMILES string of the molecule is CC(O)C(N)=NC(=S)NCC(C)(C)C. The molecular formula is C9H19N3OS. The van der Waals surface area contributed by atoms with E-state index in [9.17, 15) is 0 Å². The first-order valence-electron chi connectivity index (χ1n) is 4.52. The summed E-state index contributed by atoms with van der Waals surface area (Å²) in [5.74, 6) is 0.136. The molecule has 0 aliphatic heterocycles. The second kappa shape index (κ2) is 5.26. The fraction of sp³-hybridized carbons (Fsp3) is 0.778. The zero-order valence-corrected chi connectivity index (χ0v) is 9.98. The first-order chi connectivity index (χ1) is 6.22. The Balaban J connectivity index is 4.06. The molecular weight excluding hydrogens is 198 g/mol. The summed E-state index contributed by atoms with van der Waals surface area (Å²) in [4.78, 5) is 3.84. The topological polar surface area (TPSA) is 70.6 Å². The fourth-order valence-electron chi connectivity index (χ4n) is 0.591. The second-order valence-electron chi connectivity index (χ2n) is 4.43. The van der Waals surface area contributed by atoms with Gasteiger partial charge in [-0.3, -0.25) is 0 Å². The molecule has 0 aliphatic rings. The Labute approximate surface area is 90.6 Å². The summed E-state index contributed by atoms with van der Waals surface area (Å²) in [6.45, 7) is 8.53. The molecule has 0 spiro atoms. The summed E-state index contributed by atoms with van der Waals surface area (Å²) in [7, 11) is 0. The highest BCUT2D eigenvalue weighted by Crippen LogP contribution is 2.10. The normalized spacial score (nSPS) is 15.1. The predicted molar refractivity (Wildman–Crippen MR) is 63.4 cm³/mol. The lowest BCUT2D eigenvalue weighted by Crippen LogP contribution is -2.33. The number of hydrogen-bond acceptors (Lipinski definition) is 2. The van der Waals surface area contributed by atoms with Crippen molar-refractivity contribution in [1.29, 1.82) is 0 Å². The molecule has 0 saturated heterocycles. The van der Waals surface area contributed by atoms with Crippen LogP contribution >= 0.6 is 12.2 Å². The zero-order chi connectivity index (χ0) is 11.4. The van der Waals surface area contributed by atoms with Gasteiger partial charge in [0.1, 0.15) is 11.9 Å². The maximum absolute atomic E-state index is 9.05. The van der Waals surface area contributed by atoms with Crippen LogP contribution < -0.4 is 11.1 Å². The van der Waals surface area contributed by atoms with Crippen molar-refractivity contribution >= 4 is 23.2 Å². The van der Waals surface area contributed by atoms with Crippen molar-refractivity contribution in [3.63, 3.8) is 0 Å². The number of aliphatic hydroxyl groups excluding tert-OH is 1. The average Bonchev–Trinajstić information content (AvgIpc) is 1.99. The summed E-state index contributed by atoms with van der Waals surface area (Å²) in [5, 5.41) is 12.3. The molecule has 1 atom stereocenters. The highest BCUT2D eigenvalue weighted by Gasteiger charge is 2.10. The quantitative estimate of drug-likeness (QED) is 0.361. The molecule has 0 bridgehead atoms. The van der Waals surface area contributed by atoms with E-state index in [0.29, 0.717) is 5.11 Å². The number of thiocarbonyl (C=S) groups is 1. The van der Waals surface area contributed by atoms with E-state index in [1.54, 1.807) is 6.92 Å². The third-order valence-electron chi connectivity index (χ3n) is 1.43. The van der Waals surface area contributed by atoms with Crippen molar-refractivity contribution in [3.8, 4) is 0 Å². The van der Waals surface area contributed by atoms with Crippen molar-refractivity contribution in [3.05, 3.63) is 0 Å². The molecule has 0 aromatic heterocycles. The Morgan fingerprint density at radius 2 is 2.07 bits per heavy atom. The summed E-state index contributed by atoms with van der Waals surface area (Å²) >= 11 is 4.93. The van der Waals surface area contributed by atoms with Crippen LogP contribution in [0.3, 0.4) is 0 Å². The van der Waals surface area contributed by atoms with Gasteiger partial charge >= 0.3 is 0 Å². The van der Waals surface area contributed by atoms with Crippen LogP contribution in [0.4, 0.5) is 0 Å². The number of rotatable bonds is 2. The molecule has 14 heavy (non-hydrogen) atoms. The van der Waals surface area contributed by atoms with E-state index in [-0.39, 0.29) is 11.3 Å². The Bertz CT molecular complexity index is 231. The average molecular weight is 217 g/mol. The summed E-state index contributed by atoms with van der Waals surface area (Å²) in [5.41, 5.74) is 5.57. The molecule has 0 amide bonds. The molecule has 0 fully saturated rings. The van der Waals surface area contributed by atoms with E-state index in [1.807, 2.05) is 0 Å². The van der Waals surface area contributed by atoms with E-state index >= 15 is 0 Å². The van der Waals surface area contributed by atoms with Crippen LogP contribution in [0.5, 0.6) is 0 Å². The molecule has 82 valence electrons. The minimum absolute atomic E-state index is 0.136. The van der Waals surface area contributed by atoms with Crippen LogP contribution in [0, 0.1) is 5.41 Å². The number of aliphatic hydroxyl groups is 1. The highest BCUT2D eigenvalue weighted by atomic mass is 32.1. The van der Waals surface area contributed by atoms with Crippen molar-refractivity contribution in [2.45, 2.75) is 33.8 Å². The zero-order valence-electron chi connectivity index (χ0n) is 9.16. The number of nitrogens with zero attached hydrogens (tertiary/aromatic N) is 1. The smallest absolute Gasteiger partial charge is 0.194 e. The largest absolute Gasteiger partial charge is 0.385 e. The highest BCUT2D eigenvalue weighted by molar-refractivity contribution is 7.80. The van der Waals surface area contributed by atoms with Crippen LogP contribution in [-0.2, 0) is 0 Å². The van der Waals surface area contributed by atoms with Gasteiger partial charge in [-0.2, -0.15) is 0 Å². The van der Waals surface area contributed by atoms with Crippen molar-refractivity contribution in [1.82, 2.24) is 5.32 Å². The molecule has 5 heteroatoms.